The van der Waals surface area contributed by atoms with Crippen molar-refractivity contribution in [2.24, 2.45) is 5.73 Å². The lowest BCUT2D eigenvalue weighted by Gasteiger charge is -2.05. The molecule has 3 rings (SSSR count). The van der Waals surface area contributed by atoms with Crippen molar-refractivity contribution in [2.45, 2.75) is 25.0 Å². The van der Waals surface area contributed by atoms with Gasteiger partial charge in [0.25, 0.3) is 0 Å². The topological polar surface area (TPSA) is 74.2 Å². The van der Waals surface area contributed by atoms with E-state index in [-0.39, 0.29) is 12.1 Å². The second-order valence-corrected chi connectivity index (χ2v) is 5.78. The van der Waals surface area contributed by atoms with Crippen molar-refractivity contribution in [2.75, 3.05) is 12.0 Å². The number of aromatic nitrogens is 2. The molecular weight excluding hydrogens is 274 g/mol. The zero-order valence-electron chi connectivity index (χ0n) is 11.3. The number of benzene rings is 1. The molecule has 1 aliphatic heterocycles. The zero-order chi connectivity index (χ0) is 13.9. The first kappa shape index (κ1) is 13.5. The SMILES string of the molecule is CSCC[C@H](N)c1nc(C2Cc3ccccc3O2)no1. The fraction of sp³-hybridized carbons (Fsp3) is 0.429. The quantitative estimate of drug-likeness (QED) is 0.912. The van der Waals surface area contributed by atoms with Crippen LogP contribution in [0.15, 0.2) is 28.8 Å². The van der Waals surface area contributed by atoms with Crippen LogP contribution in [-0.4, -0.2) is 22.1 Å². The van der Waals surface area contributed by atoms with Crippen LogP contribution in [0, 0.1) is 0 Å². The van der Waals surface area contributed by atoms with E-state index in [0.29, 0.717) is 11.7 Å². The highest BCUT2D eigenvalue weighted by Gasteiger charge is 2.28. The largest absolute Gasteiger partial charge is 0.482 e. The first-order chi connectivity index (χ1) is 9.78. The summed E-state index contributed by atoms with van der Waals surface area (Å²) in [6.07, 6.45) is 3.48. The first-order valence-corrected chi connectivity index (χ1v) is 8.00. The summed E-state index contributed by atoms with van der Waals surface area (Å²) in [4.78, 5) is 4.39. The maximum atomic E-state index is 6.03. The third-order valence-corrected chi connectivity index (χ3v) is 3.99. The van der Waals surface area contributed by atoms with Crippen molar-refractivity contribution >= 4 is 11.8 Å². The molecule has 1 unspecified atom stereocenters. The molecule has 106 valence electrons. The molecule has 0 fully saturated rings. The van der Waals surface area contributed by atoms with Crippen molar-refractivity contribution in [3.63, 3.8) is 0 Å². The molecule has 2 aromatic rings. The molecule has 0 saturated carbocycles. The highest BCUT2D eigenvalue weighted by molar-refractivity contribution is 7.98. The molecular formula is C14H17N3O2S. The fourth-order valence-corrected chi connectivity index (χ4v) is 2.71. The summed E-state index contributed by atoms with van der Waals surface area (Å²) in [5.41, 5.74) is 7.20. The molecule has 2 atom stereocenters. The van der Waals surface area contributed by atoms with E-state index in [2.05, 4.69) is 22.5 Å². The molecule has 5 nitrogen and oxygen atoms in total. The molecule has 1 aliphatic rings. The Hall–Kier alpha value is -1.53. The van der Waals surface area contributed by atoms with E-state index in [1.54, 1.807) is 11.8 Å². The summed E-state index contributed by atoms with van der Waals surface area (Å²) in [6.45, 7) is 0. The van der Waals surface area contributed by atoms with Crippen LogP contribution in [0.5, 0.6) is 5.75 Å². The van der Waals surface area contributed by atoms with E-state index in [4.69, 9.17) is 15.0 Å². The van der Waals surface area contributed by atoms with Crippen LogP contribution < -0.4 is 10.5 Å². The number of rotatable bonds is 5. The van der Waals surface area contributed by atoms with E-state index in [1.165, 1.54) is 5.56 Å². The van der Waals surface area contributed by atoms with Gasteiger partial charge in [-0.05, 0) is 30.1 Å². The summed E-state index contributed by atoms with van der Waals surface area (Å²) in [6, 6.07) is 7.78. The number of fused-ring (bicyclic) bond motifs is 1. The summed E-state index contributed by atoms with van der Waals surface area (Å²) in [5.74, 6) is 2.95. The average molecular weight is 291 g/mol. The lowest BCUT2D eigenvalue weighted by molar-refractivity contribution is 0.220. The lowest BCUT2D eigenvalue weighted by atomic mass is 10.1. The zero-order valence-corrected chi connectivity index (χ0v) is 12.1. The van der Waals surface area contributed by atoms with Crippen LogP contribution in [-0.2, 0) is 6.42 Å². The predicted molar refractivity (Wildman–Crippen MR) is 77.7 cm³/mol. The summed E-state index contributed by atoms with van der Waals surface area (Å²) < 4.78 is 11.1. The van der Waals surface area contributed by atoms with Gasteiger partial charge in [-0.15, -0.1) is 0 Å². The van der Waals surface area contributed by atoms with Crippen LogP contribution in [0.3, 0.4) is 0 Å². The van der Waals surface area contributed by atoms with Gasteiger partial charge in [0, 0.05) is 6.42 Å². The number of hydrogen-bond donors (Lipinski definition) is 1. The van der Waals surface area contributed by atoms with Gasteiger partial charge in [0.1, 0.15) is 5.75 Å². The Balaban J connectivity index is 1.69. The number of nitrogens with zero attached hydrogens (tertiary/aromatic N) is 2. The van der Waals surface area contributed by atoms with Gasteiger partial charge in [0.05, 0.1) is 6.04 Å². The van der Waals surface area contributed by atoms with Crippen LogP contribution in [0.25, 0.3) is 0 Å². The molecule has 0 radical (unpaired) electrons. The third-order valence-electron chi connectivity index (χ3n) is 3.34. The van der Waals surface area contributed by atoms with Gasteiger partial charge in [0.15, 0.2) is 6.10 Å². The molecule has 2 heterocycles. The van der Waals surface area contributed by atoms with E-state index in [1.807, 2.05) is 18.2 Å². The van der Waals surface area contributed by atoms with Crippen LogP contribution in [0.1, 0.15) is 35.8 Å². The van der Waals surface area contributed by atoms with Crippen LogP contribution in [0.2, 0.25) is 0 Å². The van der Waals surface area contributed by atoms with Crippen LogP contribution >= 0.6 is 11.8 Å². The summed E-state index contributed by atoms with van der Waals surface area (Å²) in [7, 11) is 0. The smallest absolute Gasteiger partial charge is 0.243 e. The van der Waals surface area contributed by atoms with Crippen LogP contribution in [0.4, 0.5) is 0 Å². The molecule has 0 amide bonds. The Morgan fingerprint density at radius 2 is 2.30 bits per heavy atom. The maximum Gasteiger partial charge on any atom is 0.243 e. The highest BCUT2D eigenvalue weighted by Crippen LogP contribution is 2.35. The normalized spacial score (nSPS) is 18.6. The average Bonchev–Trinajstić information content (AvgIpc) is 3.10. The van der Waals surface area contributed by atoms with Crippen molar-refractivity contribution in [3.05, 3.63) is 41.5 Å². The Kier molecular flexibility index (Phi) is 3.93. The summed E-state index contributed by atoms with van der Waals surface area (Å²) in [5, 5.41) is 4.01. The van der Waals surface area contributed by atoms with E-state index >= 15 is 0 Å². The Labute approximate surface area is 121 Å². The van der Waals surface area contributed by atoms with Gasteiger partial charge >= 0.3 is 0 Å². The Bertz CT molecular complexity index is 562. The molecule has 1 aromatic carbocycles. The molecule has 20 heavy (non-hydrogen) atoms. The number of ether oxygens (including phenoxy) is 1. The van der Waals surface area contributed by atoms with Gasteiger partial charge in [-0.25, -0.2) is 0 Å². The second kappa shape index (κ2) is 5.85. The van der Waals surface area contributed by atoms with Gasteiger partial charge in [-0.3, -0.25) is 0 Å². The van der Waals surface area contributed by atoms with Crippen molar-refractivity contribution in [1.29, 1.82) is 0 Å². The predicted octanol–water partition coefficient (Wildman–Crippen LogP) is 2.50. The first-order valence-electron chi connectivity index (χ1n) is 6.60. The standard InChI is InChI=1S/C14H17N3O2S/c1-20-7-6-10(15)14-16-13(17-19-14)12-8-9-4-2-3-5-11(9)18-12/h2-5,10,12H,6-8,15H2,1H3/t10-,12?/m0/s1. The minimum absolute atomic E-state index is 0.169. The van der Waals surface area contributed by atoms with Gasteiger partial charge in [0.2, 0.25) is 11.7 Å². The van der Waals surface area contributed by atoms with E-state index in [0.717, 1.165) is 24.3 Å². The third kappa shape index (κ3) is 2.66. The van der Waals surface area contributed by atoms with Gasteiger partial charge in [-0.2, -0.15) is 16.7 Å². The molecule has 6 heteroatoms. The minimum atomic E-state index is -0.201. The minimum Gasteiger partial charge on any atom is -0.482 e. The Morgan fingerprint density at radius 1 is 1.45 bits per heavy atom. The number of hydrogen-bond acceptors (Lipinski definition) is 6. The maximum absolute atomic E-state index is 6.03. The molecule has 0 bridgehead atoms. The molecule has 0 saturated heterocycles. The van der Waals surface area contributed by atoms with Gasteiger partial charge in [-0.1, -0.05) is 23.4 Å². The van der Waals surface area contributed by atoms with E-state index < -0.39 is 0 Å². The van der Waals surface area contributed by atoms with Crippen molar-refractivity contribution in [1.82, 2.24) is 10.1 Å². The van der Waals surface area contributed by atoms with Crippen molar-refractivity contribution in [3.8, 4) is 5.75 Å². The molecule has 0 aliphatic carbocycles. The van der Waals surface area contributed by atoms with E-state index in [9.17, 15) is 0 Å². The van der Waals surface area contributed by atoms with Crippen molar-refractivity contribution < 1.29 is 9.26 Å². The fourth-order valence-electron chi connectivity index (χ4n) is 2.22. The number of para-hydroxylation sites is 1. The number of nitrogens with two attached hydrogens (primary N) is 1. The summed E-state index contributed by atoms with van der Waals surface area (Å²) >= 11 is 1.75. The number of thioether (sulfide) groups is 1. The molecule has 1 aromatic heterocycles. The highest BCUT2D eigenvalue weighted by atomic mass is 32.2. The monoisotopic (exact) mass is 291 g/mol. The molecule has 0 spiro atoms. The second-order valence-electron chi connectivity index (χ2n) is 4.80. The van der Waals surface area contributed by atoms with Gasteiger partial charge < -0.3 is 15.0 Å². The Morgan fingerprint density at radius 3 is 3.10 bits per heavy atom. The molecule has 2 N–H and O–H groups in total. The lowest BCUT2D eigenvalue weighted by Crippen LogP contribution is -2.12.